The van der Waals surface area contributed by atoms with Crippen molar-refractivity contribution in [2.75, 3.05) is 24.7 Å². The molecule has 7 heteroatoms. The summed E-state index contributed by atoms with van der Waals surface area (Å²) in [5.41, 5.74) is 2.62. The van der Waals surface area contributed by atoms with Crippen LogP contribution >= 0.6 is 11.6 Å². The number of amides is 1. The van der Waals surface area contributed by atoms with Crippen LogP contribution in [0.1, 0.15) is 11.1 Å². The molecule has 0 heterocycles. The average Bonchev–Trinajstić information content (AvgIpc) is 2.52. The van der Waals surface area contributed by atoms with Crippen molar-refractivity contribution in [1.29, 1.82) is 0 Å². The van der Waals surface area contributed by atoms with Crippen molar-refractivity contribution in [3.05, 3.63) is 64.7 Å². The molecule has 2 rings (SSSR count). The Morgan fingerprint density at radius 3 is 2.44 bits per heavy atom. The molecule has 0 aliphatic heterocycles. The first-order chi connectivity index (χ1) is 11.7. The summed E-state index contributed by atoms with van der Waals surface area (Å²) in [6.45, 7) is 1.92. The van der Waals surface area contributed by atoms with Crippen LogP contribution in [-0.2, 0) is 21.2 Å². The van der Waals surface area contributed by atoms with Crippen LogP contribution in [0, 0.1) is 6.92 Å². The van der Waals surface area contributed by atoms with Gasteiger partial charge in [0.2, 0.25) is 15.9 Å². The molecular weight excluding hydrogens is 360 g/mol. The molecule has 5 nitrogen and oxygen atoms in total. The predicted octanol–water partition coefficient (Wildman–Crippen LogP) is 3.09. The van der Waals surface area contributed by atoms with Crippen LogP contribution in [0.15, 0.2) is 48.5 Å². The van der Waals surface area contributed by atoms with E-state index in [-0.39, 0.29) is 19.0 Å². The van der Waals surface area contributed by atoms with Crippen molar-refractivity contribution in [3.8, 4) is 0 Å². The highest BCUT2D eigenvalue weighted by atomic mass is 35.5. The van der Waals surface area contributed by atoms with Gasteiger partial charge < -0.3 is 5.32 Å². The summed E-state index contributed by atoms with van der Waals surface area (Å²) >= 11 is 5.84. The van der Waals surface area contributed by atoms with Crippen molar-refractivity contribution >= 4 is 33.2 Å². The van der Waals surface area contributed by atoms with Gasteiger partial charge in [-0.2, -0.15) is 4.31 Å². The molecule has 0 fully saturated rings. The van der Waals surface area contributed by atoms with Crippen LogP contribution in [0.2, 0.25) is 5.02 Å². The Morgan fingerprint density at radius 2 is 1.84 bits per heavy atom. The molecule has 1 N–H and O–H groups in total. The molecule has 0 saturated carbocycles. The second-order valence-electron chi connectivity index (χ2n) is 5.89. The van der Waals surface area contributed by atoms with E-state index >= 15 is 0 Å². The van der Waals surface area contributed by atoms with E-state index in [0.29, 0.717) is 17.1 Å². The van der Waals surface area contributed by atoms with Gasteiger partial charge in [-0.25, -0.2) is 8.42 Å². The summed E-state index contributed by atoms with van der Waals surface area (Å²) in [5.74, 6) is -0.368. The zero-order chi connectivity index (χ0) is 18.4. The highest BCUT2D eigenvalue weighted by Gasteiger charge is 2.20. The van der Waals surface area contributed by atoms with Gasteiger partial charge in [-0.15, -0.1) is 0 Å². The van der Waals surface area contributed by atoms with Crippen LogP contribution in [0.3, 0.4) is 0 Å². The maximum absolute atomic E-state index is 12.2. The number of carbonyl (C=O) groups excluding carboxylic acids is 1. The number of nitrogens with zero attached hydrogens (tertiary/aromatic N) is 1. The summed E-state index contributed by atoms with van der Waals surface area (Å²) in [6.07, 6.45) is 1.61. The number of nitrogens with one attached hydrogen (secondary N) is 1. The van der Waals surface area contributed by atoms with Crippen LogP contribution in [0.4, 0.5) is 5.69 Å². The number of anilines is 1. The fourth-order valence-corrected chi connectivity index (χ4v) is 3.25. The van der Waals surface area contributed by atoms with E-state index < -0.39 is 10.0 Å². The third-order valence-corrected chi connectivity index (χ3v) is 5.16. The molecule has 0 aliphatic rings. The van der Waals surface area contributed by atoms with Crippen LogP contribution in [-0.4, -0.2) is 38.0 Å². The normalized spacial score (nSPS) is 11.5. The molecule has 0 aliphatic carbocycles. The molecule has 0 saturated heterocycles. The van der Waals surface area contributed by atoms with Gasteiger partial charge >= 0.3 is 0 Å². The quantitative estimate of drug-likeness (QED) is 0.802. The lowest BCUT2D eigenvalue weighted by molar-refractivity contribution is -0.116. The zero-order valence-electron chi connectivity index (χ0n) is 14.2. The lowest BCUT2D eigenvalue weighted by Crippen LogP contribution is -2.38. The number of sulfonamides is 1. The maximum Gasteiger partial charge on any atom is 0.239 e. The Morgan fingerprint density at radius 1 is 1.16 bits per heavy atom. The Hall–Kier alpha value is -1.89. The smallest absolute Gasteiger partial charge is 0.239 e. The molecule has 0 radical (unpaired) electrons. The van der Waals surface area contributed by atoms with Crippen LogP contribution in [0.25, 0.3) is 0 Å². The topological polar surface area (TPSA) is 66.5 Å². The minimum Gasteiger partial charge on any atom is -0.325 e. The largest absolute Gasteiger partial charge is 0.325 e. The second kappa shape index (κ2) is 8.47. The van der Waals surface area contributed by atoms with Gasteiger partial charge in [0.15, 0.2) is 0 Å². The van der Waals surface area contributed by atoms with E-state index in [2.05, 4.69) is 5.32 Å². The summed E-state index contributed by atoms with van der Waals surface area (Å²) in [6, 6.07) is 14.5. The molecular formula is C18H21ClN2O3S. The summed E-state index contributed by atoms with van der Waals surface area (Å²) in [4.78, 5) is 12.2. The highest BCUT2D eigenvalue weighted by molar-refractivity contribution is 7.88. The van der Waals surface area contributed by atoms with Crippen LogP contribution in [0.5, 0.6) is 0 Å². The molecule has 25 heavy (non-hydrogen) atoms. The van der Waals surface area contributed by atoms with Crippen LogP contribution < -0.4 is 5.32 Å². The van der Waals surface area contributed by atoms with Gasteiger partial charge in [0.25, 0.3) is 0 Å². The van der Waals surface area contributed by atoms with E-state index in [9.17, 15) is 13.2 Å². The van der Waals surface area contributed by atoms with Gasteiger partial charge in [-0.1, -0.05) is 35.9 Å². The minimum absolute atomic E-state index is 0.222. The Balaban J connectivity index is 2.00. The van der Waals surface area contributed by atoms with E-state index in [0.717, 1.165) is 17.4 Å². The highest BCUT2D eigenvalue weighted by Crippen LogP contribution is 2.12. The lowest BCUT2D eigenvalue weighted by Gasteiger charge is -2.19. The van der Waals surface area contributed by atoms with Gasteiger partial charge in [0, 0.05) is 17.3 Å². The Labute approximate surface area is 153 Å². The Kier molecular flexibility index (Phi) is 6.58. The third-order valence-electron chi connectivity index (χ3n) is 3.65. The average molecular weight is 381 g/mol. The van der Waals surface area contributed by atoms with Crippen molar-refractivity contribution in [1.82, 2.24) is 4.31 Å². The Bertz CT molecular complexity index is 836. The van der Waals surface area contributed by atoms with Gasteiger partial charge in [0.05, 0.1) is 12.8 Å². The standard InChI is InChI=1S/C18H21ClN2O3S/c1-14-4-3-5-17(12-14)20-18(22)13-21(25(2,23)24)11-10-15-6-8-16(19)9-7-15/h3-9,12H,10-11,13H2,1-2H3,(H,20,22). The molecule has 1 amide bonds. The number of hydrogen-bond acceptors (Lipinski definition) is 3. The van der Waals surface area contributed by atoms with Crippen molar-refractivity contribution in [3.63, 3.8) is 0 Å². The monoisotopic (exact) mass is 380 g/mol. The number of carbonyl (C=O) groups is 1. The van der Waals surface area contributed by atoms with E-state index in [1.165, 1.54) is 4.31 Å². The number of halogens is 1. The molecule has 0 unspecified atom stereocenters. The molecule has 2 aromatic rings. The first-order valence-corrected chi connectivity index (χ1v) is 10.0. The van der Waals surface area contributed by atoms with Gasteiger partial charge in [-0.05, 0) is 48.7 Å². The second-order valence-corrected chi connectivity index (χ2v) is 8.31. The summed E-state index contributed by atoms with van der Waals surface area (Å²) < 4.78 is 25.1. The molecule has 2 aromatic carbocycles. The number of benzene rings is 2. The summed E-state index contributed by atoms with van der Waals surface area (Å²) in [7, 11) is -3.49. The predicted molar refractivity (Wildman–Crippen MR) is 101 cm³/mol. The molecule has 0 atom stereocenters. The third kappa shape index (κ3) is 6.49. The minimum atomic E-state index is -3.49. The van der Waals surface area contributed by atoms with Crippen molar-refractivity contribution in [2.45, 2.75) is 13.3 Å². The maximum atomic E-state index is 12.2. The number of hydrogen-bond donors (Lipinski definition) is 1. The number of rotatable bonds is 7. The van der Waals surface area contributed by atoms with Crippen molar-refractivity contribution in [2.24, 2.45) is 0 Å². The van der Waals surface area contributed by atoms with Crippen molar-refractivity contribution < 1.29 is 13.2 Å². The fraction of sp³-hybridized carbons (Fsp3) is 0.278. The van der Waals surface area contributed by atoms with E-state index in [4.69, 9.17) is 11.6 Å². The van der Waals surface area contributed by atoms with E-state index in [1.807, 2.05) is 37.3 Å². The fourth-order valence-electron chi connectivity index (χ4n) is 2.35. The first kappa shape index (κ1) is 19.4. The van der Waals surface area contributed by atoms with Gasteiger partial charge in [-0.3, -0.25) is 4.79 Å². The van der Waals surface area contributed by atoms with Gasteiger partial charge in [0.1, 0.15) is 0 Å². The SMILES string of the molecule is Cc1cccc(NC(=O)CN(CCc2ccc(Cl)cc2)S(C)(=O)=O)c1. The lowest BCUT2D eigenvalue weighted by atomic mass is 10.1. The molecule has 134 valence electrons. The molecule has 0 bridgehead atoms. The summed E-state index contributed by atoms with van der Waals surface area (Å²) in [5, 5.41) is 3.35. The molecule has 0 spiro atoms. The van der Waals surface area contributed by atoms with E-state index in [1.54, 1.807) is 18.2 Å². The number of aryl methyl sites for hydroxylation is 1. The zero-order valence-corrected chi connectivity index (χ0v) is 15.8. The molecule has 0 aromatic heterocycles. The first-order valence-electron chi connectivity index (χ1n) is 7.80.